The molecular weight excluding hydrogens is 270 g/mol. The molecule has 0 bridgehead atoms. The van der Waals surface area contributed by atoms with E-state index < -0.39 is 5.41 Å². The van der Waals surface area contributed by atoms with Crippen LogP contribution < -0.4 is 11.1 Å². The number of unbranched alkanes of at least 4 members (excludes halogenated alkanes) is 1. The van der Waals surface area contributed by atoms with E-state index in [0.29, 0.717) is 30.4 Å². The van der Waals surface area contributed by atoms with Crippen LogP contribution in [0, 0.1) is 5.41 Å². The summed E-state index contributed by atoms with van der Waals surface area (Å²) in [5.74, 6) is -0.0211. The van der Waals surface area contributed by atoms with E-state index in [2.05, 4.69) is 31.1 Å². The van der Waals surface area contributed by atoms with Crippen LogP contribution in [0.25, 0.3) is 0 Å². The lowest BCUT2D eigenvalue weighted by Gasteiger charge is -2.29. The van der Waals surface area contributed by atoms with Crippen molar-refractivity contribution in [3.63, 3.8) is 0 Å². The number of nitrogens with one attached hydrogen (secondary N) is 1. The molecule has 0 aromatic carbocycles. The summed E-state index contributed by atoms with van der Waals surface area (Å²) in [5.41, 5.74) is 5.08. The third-order valence-electron chi connectivity index (χ3n) is 4.22. The summed E-state index contributed by atoms with van der Waals surface area (Å²) in [7, 11) is 2.12. The van der Waals surface area contributed by atoms with Crippen LogP contribution in [0.1, 0.15) is 53.4 Å². The lowest BCUT2D eigenvalue weighted by atomic mass is 9.81. The van der Waals surface area contributed by atoms with E-state index in [0.717, 1.165) is 19.4 Å². The maximum atomic E-state index is 12.3. The fourth-order valence-corrected chi connectivity index (χ4v) is 2.53. The summed E-state index contributed by atoms with van der Waals surface area (Å²) in [6.45, 7) is 10.0. The molecule has 0 aliphatic heterocycles. The lowest BCUT2D eigenvalue weighted by Crippen LogP contribution is -2.48. The Morgan fingerprint density at radius 3 is 2.25 bits per heavy atom. The van der Waals surface area contributed by atoms with Crippen LogP contribution in [0.3, 0.4) is 0 Å². The van der Waals surface area contributed by atoms with Crippen LogP contribution in [0.15, 0.2) is 0 Å². The van der Waals surface area contributed by atoms with Crippen molar-refractivity contribution in [1.29, 1.82) is 0 Å². The van der Waals surface area contributed by atoms with Gasteiger partial charge in [0, 0.05) is 12.6 Å². The van der Waals surface area contributed by atoms with Crippen LogP contribution in [0.2, 0.25) is 0 Å². The molecule has 0 aliphatic rings. The number of nitrogens with two attached hydrogens (primary N) is 1. The molecule has 0 aliphatic carbocycles. The molecule has 20 heavy (non-hydrogen) atoms. The van der Waals surface area contributed by atoms with Crippen LogP contribution in [-0.4, -0.2) is 42.0 Å². The van der Waals surface area contributed by atoms with Crippen molar-refractivity contribution < 1.29 is 4.79 Å². The molecule has 0 aromatic rings. The second-order valence-electron chi connectivity index (χ2n) is 5.69. The Hall–Kier alpha value is -0.680. The van der Waals surface area contributed by atoms with E-state index in [1.54, 1.807) is 0 Å². The highest BCUT2D eigenvalue weighted by Crippen LogP contribution is 2.27. The van der Waals surface area contributed by atoms with Gasteiger partial charge in [0.25, 0.3) is 0 Å². The largest absolute Gasteiger partial charge is 0.392 e. The first kappa shape index (κ1) is 19.3. The van der Waals surface area contributed by atoms with Crippen LogP contribution in [-0.2, 0) is 4.79 Å². The van der Waals surface area contributed by atoms with Gasteiger partial charge in [-0.2, -0.15) is 0 Å². The van der Waals surface area contributed by atoms with Gasteiger partial charge in [0.05, 0.1) is 10.4 Å². The van der Waals surface area contributed by atoms with Gasteiger partial charge in [-0.3, -0.25) is 4.79 Å². The van der Waals surface area contributed by atoms with E-state index >= 15 is 0 Å². The first-order valence-corrected chi connectivity index (χ1v) is 8.01. The molecule has 0 saturated heterocycles. The molecule has 118 valence electrons. The number of hydrogen-bond acceptors (Lipinski definition) is 3. The molecule has 1 amide bonds. The molecule has 0 aromatic heterocycles. The SMILES string of the molecule is CCC(CC)(C(=O)NCCCCN(C)C(C)C)C(N)=S. The zero-order valence-electron chi connectivity index (χ0n) is 13.7. The summed E-state index contributed by atoms with van der Waals surface area (Å²) in [5, 5.41) is 2.98. The summed E-state index contributed by atoms with van der Waals surface area (Å²) < 4.78 is 0. The average Bonchev–Trinajstić information content (AvgIpc) is 2.39. The number of thiocarbonyl (C=S) groups is 1. The first-order chi connectivity index (χ1) is 9.31. The second-order valence-corrected chi connectivity index (χ2v) is 6.13. The van der Waals surface area contributed by atoms with Gasteiger partial charge in [-0.05, 0) is 53.1 Å². The zero-order chi connectivity index (χ0) is 15.8. The number of rotatable bonds is 10. The van der Waals surface area contributed by atoms with Crippen molar-refractivity contribution in [1.82, 2.24) is 10.2 Å². The lowest BCUT2D eigenvalue weighted by molar-refractivity contribution is -0.127. The maximum absolute atomic E-state index is 12.3. The maximum Gasteiger partial charge on any atom is 0.233 e. The Morgan fingerprint density at radius 1 is 1.30 bits per heavy atom. The molecule has 5 heteroatoms. The van der Waals surface area contributed by atoms with Crippen molar-refractivity contribution in [3.8, 4) is 0 Å². The second kappa shape index (κ2) is 9.29. The van der Waals surface area contributed by atoms with Gasteiger partial charge < -0.3 is 16.0 Å². The minimum absolute atomic E-state index is 0.0211. The van der Waals surface area contributed by atoms with Crippen LogP contribution >= 0.6 is 12.2 Å². The predicted octanol–water partition coefficient (Wildman–Crippen LogP) is 2.32. The number of carbonyl (C=O) groups is 1. The summed E-state index contributed by atoms with van der Waals surface area (Å²) in [6.07, 6.45) is 3.36. The molecule has 0 spiro atoms. The van der Waals surface area contributed by atoms with E-state index in [1.807, 2.05) is 13.8 Å². The average molecular weight is 301 g/mol. The summed E-state index contributed by atoms with van der Waals surface area (Å²) in [4.78, 5) is 14.9. The quantitative estimate of drug-likeness (QED) is 0.480. The molecule has 3 N–H and O–H groups in total. The fraction of sp³-hybridized carbons (Fsp3) is 0.867. The monoisotopic (exact) mass is 301 g/mol. The third kappa shape index (κ3) is 5.37. The van der Waals surface area contributed by atoms with Crippen molar-refractivity contribution in [3.05, 3.63) is 0 Å². The number of carbonyl (C=O) groups excluding carboxylic acids is 1. The first-order valence-electron chi connectivity index (χ1n) is 7.60. The molecule has 0 unspecified atom stereocenters. The molecule has 0 fully saturated rings. The normalized spacial score (nSPS) is 11.9. The minimum Gasteiger partial charge on any atom is -0.392 e. The van der Waals surface area contributed by atoms with Crippen LogP contribution in [0.4, 0.5) is 0 Å². The van der Waals surface area contributed by atoms with Gasteiger partial charge in [0.2, 0.25) is 5.91 Å². The Balaban J connectivity index is 4.13. The Bertz CT molecular complexity index is 314. The van der Waals surface area contributed by atoms with Gasteiger partial charge in [-0.1, -0.05) is 26.1 Å². The van der Waals surface area contributed by atoms with Gasteiger partial charge in [0.1, 0.15) is 0 Å². The zero-order valence-corrected chi connectivity index (χ0v) is 14.5. The standard InChI is InChI=1S/C15H31N3OS/c1-6-15(7-2,13(16)20)14(19)17-10-8-9-11-18(5)12(3)4/h12H,6-11H2,1-5H3,(H2,16,20)(H,17,19). The Morgan fingerprint density at radius 2 is 1.85 bits per heavy atom. The van der Waals surface area contributed by atoms with Gasteiger partial charge in [0.15, 0.2) is 0 Å². The summed E-state index contributed by atoms with van der Waals surface area (Å²) >= 11 is 5.08. The van der Waals surface area contributed by atoms with Crippen LogP contribution in [0.5, 0.6) is 0 Å². The van der Waals surface area contributed by atoms with Crippen molar-refractivity contribution in [2.75, 3.05) is 20.1 Å². The van der Waals surface area contributed by atoms with Crippen molar-refractivity contribution in [2.45, 2.75) is 59.4 Å². The molecular formula is C15H31N3OS. The molecule has 4 nitrogen and oxygen atoms in total. The highest BCUT2D eigenvalue weighted by molar-refractivity contribution is 7.80. The van der Waals surface area contributed by atoms with Crippen molar-refractivity contribution >= 4 is 23.1 Å². The molecule has 0 rings (SSSR count). The Labute approximate surface area is 129 Å². The number of amides is 1. The van der Waals surface area contributed by atoms with Gasteiger partial charge >= 0.3 is 0 Å². The fourth-order valence-electron chi connectivity index (χ4n) is 2.15. The van der Waals surface area contributed by atoms with E-state index in [4.69, 9.17) is 18.0 Å². The molecule has 0 atom stereocenters. The van der Waals surface area contributed by atoms with E-state index in [9.17, 15) is 4.79 Å². The number of nitrogens with zero attached hydrogens (tertiary/aromatic N) is 1. The molecule has 0 heterocycles. The van der Waals surface area contributed by atoms with Gasteiger partial charge in [-0.15, -0.1) is 0 Å². The van der Waals surface area contributed by atoms with E-state index in [-0.39, 0.29) is 5.91 Å². The van der Waals surface area contributed by atoms with Crippen molar-refractivity contribution in [2.24, 2.45) is 11.1 Å². The molecule has 0 radical (unpaired) electrons. The summed E-state index contributed by atoms with van der Waals surface area (Å²) in [6, 6.07) is 0.562. The molecule has 0 saturated carbocycles. The topological polar surface area (TPSA) is 58.4 Å². The Kier molecular flexibility index (Phi) is 8.98. The predicted molar refractivity (Wildman–Crippen MR) is 89.8 cm³/mol. The van der Waals surface area contributed by atoms with Gasteiger partial charge in [-0.25, -0.2) is 0 Å². The smallest absolute Gasteiger partial charge is 0.233 e. The highest BCUT2D eigenvalue weighted by Gasteiger charge is 2.37. The highest BCUT2D eigenvalue weighted by atomic mass is 32.1. The van der Waals surface area contributed by atoms with E-state index in [1.165, 1.54) is 0 Å². The minimum atomic E-state index is -0.677. The number of hydrogen-bond donors (Lipinski definition) is 2. The third-order valence-corrected chi connectivity index (χ3v) is 4.61.